The molecule has 3 rings (SSSR count). The molecule has 0 aliphatic rings. The van der Waals surface area contributed by atoms with Crippen LogP contribution in [0.15, 0.2) is 36.4 Å². The van der Waals surface area contributed by atoms with E-state index in [9.17, 15) is 4.39 Å². The Labute approximate surface area is 132 Å². The third-order valence-electron chi connectivity index (χ3n) is 3.41. The van der Waals surface area contributed by atoms with Crippen LogP contribution in [0.2, 0.25) is 5.02 Å². The average molecular weight is 323 g/mol. The first-order valence-electron chi connectivity index (χ1n) is 6.60. The number of aryl methyl sites for hydroxylation is 2. The molecule has 0 unspecified atom stereocenters. The topological polar surface area (TPSA) is 17.8 Å². The number of benzene rings is 2. The molecular formula is C16H13Cl2FN2. The van der Waals surface area contributed by atoms with Crippen molar-refractivity contribution in [2.45, 2.75) is 13.3 Å². The summed E-state index contributed by atoms with van der Waals surface area (Å²) >= 11 is 12.2. The Hall–Kier alpha value is -1.58. The maximum atomic E-state index is 13.4. The van der Waals surface area contributed by atoms with Crippen LogP contribution < -0.4 is 0 Å². The van der Waals surface area contributed by atoms with Gasteiger partial charge in [0.25, 0.3) is 0 Å². The van der Waals surface area contributed by atoms with Crippen LogP contribution in [0.4, 0.5) is 4.39 Å². The first-order valence-corrected chi connectivity index (χ1v) is 7.51. The van der Waals surface area contributed by atoms with E-state index in [1.807, 2.05) is 29.7 Å². The van der Waals surface area contributed by atoms with Crippen LogP contribution in [-0.2, 0) is 6.42 Å². The highest BCUT2D eigenvalue weighted by atomic mass is 35.5. The number of nitrogens with zero attached hydrogens (tertiary/aromatic N) is 2. The minimum atomic E-state index is -0.259. The van der Waals surface area contributed by atoms with Gasteiger partial charge in [-0.15, -0.1) is 11.6 Å². The van der Waals surface area contributed by atoms with E-state index in [4.69, 9.17) is 23.2 Å². The summed E-state index contributed by atoms with van der Waals surface area (Å²) < 4.78 is 15.3. The van der Waals surface area contributed by atoms with E-state index in [2.05, 4.69) is 4.98 Å². The van der Waals surface area contributed by atoms with Crippen molar-refractivity contribution in [2.75, 3.05) is 5.88 Å². The van der Waals surface area contributed by atoms with Crippen LogP contribution >= 0.6 is 23.2 Å². The van der Waals surface area contributed by atoms with E-state index >= 15 is 0 Å². The SMILES string of the molecule is Cc1cc(F)ccc1-n1c(CCCl)nc2cccc(Cl)c21. The molecule has 3 aromatic rings. The second-order valence-corrected chi connectivity index (χ2v) is 5.63. The van der Waals surface area contributed by atoms with Gasteiger partial charge >= 0.3 is 0 Å². The summed E-state index contributed by atoms with van der Waals surface area (Å²) in [6, 6.07) is 10.3. The fraction of sp³-hybridized carbons (Fsp3) is 0.188. The quantitative estimate of drug-likeness (QED) is 0.626. The lowest BCUT2D eigenvalue weighted by atomic mass is 10.2. The monoisotopic (exact) mass is 322 g/mol. The Morgan fingerprint density at radius 1 is 1.24 bits per heavy atom. The van der Waals surface area contributed by atoms with Gasteiger partial charge in [-0.1, -0.05) is 17.7 Å². The molecule has 1 aromatic heterocycles. The summed E-state index contributed by atoms with van der Waals surface area (Å²) in [5, 5.41) is 0.615. The van der Waals surface area contributed by atoms with Crippen molar-refractivity contribution in [1.29, 1.82) is 0 Å². The van der Waals surface area contributed by atoms with Gasteiger partial charge in [0.1, 0.15) is 11.6 Å². The first-order chi connectivity index (χ1) is 10.1. The number of para-hydroxylation sites is 1. The molecule has 21 heavy (non-hydrogen) atoms. The Bertz CT molecular complexity index is 811. The van der Waals surface area contributed by atoms with Crippen molar-refractivity contribution < 1.29 is 4.39 Å². The van der Waals surface area contributed by atoms with Gasteiger partial charge in [0.05, 0.1) is 21.7 Å². The number of alkyl halides is 1. The van der Waals surface area contributed by atoms with Crippen molar-refractivity contribution in [2.24, 2.45) is 0 Å². The zero-order chi connectivity index (χ0) is 15.0. The van der Waals surface area contributed by atoms with Gasteiger partial charge in [-0.3, -0.25) is 4.57 Å². The summed E-state index contributed by atoms with van der Waals surface area (Å²) in [7, 11) is 0. The smallest absolute Gasteiger partial charge is 0.123 e. The third-order valence-corrected chi connectivity index (χ3v) is 3.91. The fourth-order valence-corrected chi connectivity index (χ4v) is 2.94. The van der Waals surface area contributed by atoms with E-state index in [1.165, 1.54) is 12.1 Å². The van der Waals surface area contributed by atoms with Crippen LogP contribution in [0.3, 0.4) is 0 Å². The molecule has 0 radical (unpaired) electrons. The lowest BCUT2D eigenvalue weighted by Crippen LogP contribution is -2.04. The molecule has 0 aliphatic carbocycles. The molecule has 5 heteroatoms. The number of imidazole rings is 1. The second-order valence-electron chi connectivity index (χ2n) is 4.84. The summed E-state index contributed by atoms with van der Waals surface area (Å²) in [6.45, 7) is 1.87. The number of aromatic nitrogens is 2. The van der Waals surface area contributed by atoms with E-state index < -0.39 is 0 Å². The van der Waals surface area contributed by atoms with Gasteiger partial charge in [-0.2, -0.15) is 0 Å². The molecule has 0 fully saturated rings. The van der Waals surface area contributed by atoms with Crippen molar-refractivity contribution in [3.8, 4) is 5.69 Å². The molecule has 0 bridgehead atoms. The molecule has 0 aliphatic heterocycles. The first kappa shape index (κ1) is 14.4. The highest BCUT2D eigenvalue weighted by Gasteiger charge is 2.16. The predicted octanol–water partition coefficient (Wildman–Crippen LogP) is 4.91. The zero-order valence-electron chi connectivity index (χ0n) is 11.4. The van der Waals surface area contributed by atoms with E-state index in [1.54, 1.807) is 6.07 Å². The molecule has 0 saturated heterocycles. The number of hydrogen-bond acceptors (Lipinski definition) is 1. The molecule has 2 nitrogen and oxygen atoms in total. The van der Waals surface area contributed by atoms with Crippen LogP contribution in [0.25, 0.3) is 16.7 Å². The molecule has 0 spiro atoms. The van der Waals surface area contributed by atoms with Crippen LogP contribution in [0.1, 0.15) is 11.4 Å². The third kappa shape index (κ3) is 2.52. The summed E-state index contributed by atoms with van der Waals surface area (Å²) in [5.41, 5.74) is 3.33. The normalized spacial score (nSPS) is 11.2. The molecule has 0 atom stereocenters. The minimum absolute atomic E-state index is 0.259. The standard InChI is InChI=1S/C16H13Cl2FN2/c1-10-9-11(19)5-6-14(10)21-15(7-8-17)20-13-4-2-3-12(18)16(13)21/h2-6,9H,7-8H2,1H3. The number of fused-ring (bicyclic) bond motifs is 1. The van der Waals surface area contributed by atoms with Crippen LogP contribution in [0.5, 0.6) is 0 Å². The predicted molar refractivity (Wildman–Crippen MR) is 85.2 cm³/mol. The Kier molecular flexibility index (Phi) is 3.87. The van der Waals surface area contributed by atoms with Gasteiger partial charge in [0.2, 0.25) is 0 Å². The van der Waals surface area contributed by atoms with E-state index in [0.29, 0.717) is 17.3 Å². The largest absolute Gasteiger partial charge is 0.294 e. The maximum absolute atomic E-state index is 13.4. The zero-order valence-corrected chi connectivity index (χ0v) is 12.9. The maximum Gasteiger partial charge on any atom is 0.123 e. The molecule has 0 N–H and O–H groups in total. The van der Waals surface area contributed by atoms with Gasteiger partial charge in [-0.05, 0) is 42.8 Å². The van der Waals surface area contributed by atoms with E-state index in [-0.39, 0.29) is 5.82 Å². The highest BCUT2D eigenvalue weighted by molar-refractivity contribution is 6.35. The van der Waals surface area contributed by atoms with Gasteiger partial charge in [-0.25, -0.2) is 9.37 Å². The average Bonchev–Trinajstić information content (AvgIpc) is 2.79. The summed E-state index contributed by atoms with van der Waals surface area (Å²) in [5.74, 6) is 1.02. The molecule has 108 valence electrons. The Morgan fingerprint density at radius 2 is 2.05 bits per heavy atom. The molecule has 0 amide bonds. The summed E-state index contributed by atoms with van der Waals surface area (Å²) in [6.07, 6.45) is 0.614. The van der Waals surface area contributed by atoms with Crippen molar-refractivity contribution in [1.82, 2.24) is 9.55 Å². The number of halogens is 3. The van der Waals surface area contributed by atoms with Crippen molar-refractivity contribution in [3.63, 3.8) is 0 Å². The Balaban J connectivity index is 2.35. The minimum Gasteiger partial charge on any atom is -0.294 e. The Morgan fingerprint density at radius 3 is 2.76 bits per heavy atom. The molecule has 1 heterocycles. The highest BCUT2D eigenvalue weighted by Crippen LogP contribution is 2.29. The number of hydrogen-bond donors (Lipinski definition) is 0. The second kappa shape index (κ2) is 5.66. The molecule has 2 aromatic carbocycles. The van der Waals surface area contributed by atoms with Gasteiger partial charge in [0, 0.05) is 12.3 Å². The lowest BCUT2D eigenvalue weighted by molar-refractivity contribution is 0.626. The van der Waals surface area contributed by atoms with E-state index in [0.717, 1.165) is 28.1 Å². The summed E-state index contributed by atoms with van der Waals surface area (Å²) in [4.78, 5) is 4.60. The van der Waals surface area contributed by atoms with Crippen LogP contribution in [0, 0.1) is 12.7 Å². The van der Waals surface area contributed by atoms with Crippen molar-refractivity contribution >= 4 is 34.2 Å². The molecular weight excluding hydrogens is 310 g/mol. The number of rotatable bonds is 3. The lowest BCUT2D eigenvalue weighted by Gasteiger charge is -2.12. The molecule has 0 saturated carbocycles. The van der Waals surface area contributed by atoms with Crippen molar-refractivity contribution in [3.05, 3.63) is 58.6 Å². The van der Waals surface area contributed by atoms with Crippen LogP contribution in [-0.4, -0.2) is 15.4 Å². The van der Waals surface area contributed by atoms with Gasteiger partial charge in [0.15, 0.2) is 0 Å². The fourth-order valence-electron chi connectivity index (χ4n) is 2.52. The van der Waals surface area contributed by atoms with Gasteiger partial charge < -0.3 is 0 Å².